The topological polar surface area (TPSA) is 102 Å². The Morgan fingerprint density at radius 2 is 1.96 bits per heavy atom. The highest BCUT2D eigenvalue weighted by atomic mass is 35.5. The van der Waals surface area contributed by atoms with Gasteiger partial charge in [0.05, 0.1) is 18.1 Å². The molecule has 0 aliphatic carbocycles. The number of rotatable bonds is 5. The number of amides is 1. The van der Waals surface area contributed by atoms with Gasteiger partial charge in [0.2, 0.25) is 10.0 Å². The lowest BCUT2D eigenvalue weighted by Gasteiger charge is -2.26. The first-order valence-electron chi connectivity index (χ1n) is 7.47. The number of carbonyl (C=O) groups excluding carboxylic acids is 1. The first-order chi connectivity index (χ1) is 10.8. The number of ether oxygens (including phenoxy) is 1. The fourth-order valence-corrected chi connectivity index (χ4v) is 3.62. The highest BCUT2D eigenvalue weighted by Gasteiger charge is 2.27. The maximum absolute atomic E-state index is 12.6. The average molecular weight is 378 g/mol. The van der Waals surface area contributed by atoms with Gasteiger partial charge in [-0.05, 0) is 32.0 Å². The lowest BCUT2D eigenvalue weighted by atomic mass is 10.1. The summed E-state index contributed by atoms with van der Waals surface area (Å²) in [5.41, 5.74) is 5.33. The maximum Gasteiger partial charge on any atom is 0.251 e. The van der Waals surface area contributed by atoms with Gasteiger partial charge in [-0.15, -0.1) is 12.4 Å². The first-order valence-corrected chi connectivity index (χ1v) is 8.91. The summed E-state index contributed by atoms with van der Waals surface area (Å²) in [5.74, 6) is -0.348. The van der Waals surface area contributed by atoms with Crippen LogP contribution in [0.2, 0.25) is 0 Å². The second-order valence-electron chi connectivity index (χ2n) is 6.09. The van der Waals surface area contributed by atoms with Gasteiger partial charge in [0.15, 0.2) is 0 Å². The van der Waals surface area contributed by atoms with Crippen LogP contribution in [-0.2, 0) is 14.8 Å². The molecule has 1 fully saturated rings. The molecule has 1 aromatic carbocycles. The van der Waals surface area contributed by atoms with Crippen molar-refractivity contribution in [1.29, 1.82) is 0 Å². The highest BCUT2D eigenvalue weighted by molar-refractivity contribution is 7.89. The second-order valence-corrected chi connectivity index (χ2v) is 8.02. The van der Waals surface area contributed by atoms with Crippen LogP contribution in [0.15, 0.2) is 29.2 Å². The Bertz CT molecular complexity index is 673. The molecule has 136 valence electrons. The van der Waals surface area contributed by atoms with Gasteiger partial charge in [0.25, 0.3) is 5.91 Å². The van der Waals surface area contributed by atoms with E-state index < -0.39 is 15.6 Å². The summed E-state index contributed by atoms with van der Waals surface area (Å²) < 4.78 is 31.8. The number of halogens is 1. The van der Waals surface area contributed by atoms with E-state index in [0.29, 0.717) is 31.9 Å². The predicted molar refractivity (Wildman–Crippen MR) is 93.9 cm³/mol. The number of nitrogens with zero attached hydrogens (tertiary/aromatic N) is 1. The molecular formula is C15H24ClN3O4S. The molecule has 0 aromatic heterocycles. The minimum absolute atomic E-state index is 0. The van der Waals surface area contributed by atoms with Crippen LogP contribution in [0.4, 0.5) is 0 Å². The molecule has 2 rings (SSSR count). The zero-order valence-electron chi connectivity index (χ0n) is 13.8. The molecule has 7 nitrogen and oxygen atoms in total. The van der Waals surface area contributed by atoms with Gasteiger partial charge in [-0.2, -0.15) is 4.31 Å². The van der Waals surface area contributed by atoms with Crippen LogP contribution in [0.3, 0.4) is 0 Å². The van der Waals surface area contributed by atoms with Crippen LogP contribution in [0, 0.1) is 0 Å². The summed E-state index contributed by atoms with van der Waals surface area (Å²) in [6.45, 7) is 5.29. The van der Waals surface area contributed by atoms with Gasteiger partial charge >= 0.3 is 0 Å². The number of hydrogen-bond donors (Lipinski definition) is 2. The third-order valence-electron chi connectivity index (χ3n) is 3.67. The van der Waals surface area contributed by atoms with Gasteiger partial charge in [0, 0.05) is 30.7 Å². The van der Waals surface area contributed by atoms with Crippen molar-refractivity contribution in [3.05, 3.63) is 29.8 Å². The molecule has 24 heavy (non-hydrogen) atoms. The van der Waals surface area contributed by atoms with Crippen molar-refractivity contribution in [3.8, 4) is 0 Å². The summed E-state index contributed by atoms with van der Waals surface area (Å²) in [5, 5.41) is 2.79. The third-order valence-corrected chi connectivity index (χ3v) is 5.56. The van der Waals surface area contributed by atoms with E-state index in [9.17, 15) is 13.2 Å². The number of nitrogens with two attached hydrogens (primary N) is 1. The minimum Gasteiger partial charge on any atom is -0.379 e. The number of benzene rings is 1. The van der Waals surface area contributed by atoms with Crippen molar-refractivity contribution in [3.63, 3.8) is 0 Å². The Kier molecular flexibility index (Phi) is 7.18. The van der Waals surface area contributed by atoms with Crippen molar-refractivity contribution >= 4 is 28.3 Å². The van der Waals surface area contributed by atoms with Crippen molar-refractivity contribution in [2.24, 2.45) is 5.73 Å². The molecule has 0 radical (unpaired) electrons. The van der Waals surface area contributed by atoms with E-state index in [1.165, 1.54) is 16.4 Å². The maximum atomic E-state index is 12.6. The van der Waals surface area contributed by atoms with Crippen LogP contribution in [0.5, 0.6) is 0 Å². The van der Waals surface area contributed by atoms with Gasteiger partial charge in [-0.25, -0.2) is 8.42 Å². The molecule has 0 bridgehead atoms. The normalized spacial score (nSPS) is 16.3. The summed E-state index contributed by atoms with van der Waals surface area (Å²) in [6.07, 6.45) is 0. The van der Waals surface area contributed by atoms with Crippen LogP contribution in [-0.4, -0.2) is 57.0 Å². The number of hydrogen-bond acceptors (Lipinski definition) is 5. The van der Waals surface area contributed by atoms with E-state index in [0.717, 1.165) is 0 Å². The quantitative estimate of drug-likeness (QED) is 0.782. The van der Waals surface area contributed by atoms with E-state index in [-0.39, 0.29) is 29.8 Å². The second kappa shape index (κ2) is 8.26. The average Bonchev–Trinajstić information content (AvgIpc) is 2.55. The molecule has 1 aromatic rings. The summed E-state index contributed by atoms with van der Waals surface area (Å²) >= 11 is 0. The zero-order chi connectivity index (χ0) is 17.1. The molecule has 3 N–H and O–H groups in total. The Morgan fingerprint density at radius 1 is 1.33 bits per heavy atom. The Balaban J connectivity index is 0.00000288. The van der Waals surface area contributed by atoms with E-state index in [4.69, 9.17) is 10.5 Å². The Hall–Kier alpha value is -1.19. The van der Waals surface area contributed by atoms with Gasteiger partial charge in [0.1, 0.15) is 0 Å². The predicted octanol–water partition coefficient (Wildman–Crippen LogP) is 0.596. The number of morpholine rings is 1. The monoisotopic (exact) mass is 377 g/mol. The lowest BCUT2D eigenvalue weighted by Crippen LogP contribution is -2.48. The van der Waals surface area contributed by atoms with Gasteiger partial charge in [-0.3, -0.25) is 4.79 Å². The SMILES string of the molecule is CC(C)(CN)NC(=O)c1cccc(S(=O)(=O)N2CCOCC2)c1.Cl. The van der Waals surface area contributed by atoms with Crippen LogP contribution < -0.4 is 11.1 Å². The summed E-state index contributed by atoms with van der Waals surface area (Å²) in [4.78, 5) is 12.4. The molecule has 1 saturated heterocycles. The Labute approximate surface area is 149 Å². The van der Waals surface area contributed by atoms with Crippen LogP contribution in [0.1, 0.15) is 24.2 Å². The molecule has 1 heterocycles. The van der Waals surface area contributed by atoms with E-state index >= 15 is 0 Å². The van der Waals surface area contributed by atoms with E-state index in [2.05, 4.69) is 5.32 Å². The van der Waals surface area contributed by atoms with Gasteiger partial charge in [-0.1, -0.05) is 6.07 Å². The minimum atomic E-state index is -3.62. The first kappa shape index (κ1) is 20.9. The van der Waals surface area contributed by atoms with E-state index in [1.54, 1.807) is 26.0 Å². The molecule has 1 amide bonds. The third kappa shape index (κ3) is 4.90. The largest absolute Gasteiger partial charge is 0.379 e. The fourth-order valence-electron chi connectivity index (χ4n) is 2.16. The van der Waals surface area contributed by atoms with Crippen molar-refractivity contribution < 1.29 is 17.9 Å². The molecule has 0 unspecified atom stereocenters. The number of sulfonamides is 1. The van der Waals surface area contributed by atoms with Crippen molar-refractivity contribution in [2.45, 2.75) is 24.3 Å². The summed E-state index contributed by atoms with van der Waals surface area (Å²) in [6, 6.07) is 6.04. The molecular weight excluding hydrogens is 354 g/mol. The molecule has 9 heteroatoms. The molecule has 1 aliphatic rings. The van der Waals surface area contributed by atoms with Gasteiger partial charge < -0.3 is 15.8 Å². The number of nitrogens with one attached hydrogen (secondary N) is 1. The molecule has 0 spiro atoms. The smallest absolute Gasteiger partial charge is 0.251 e. The Morgan fingerprint density at radius 3 is 2.54 bits per heavy atom. The molecule has 0 atom stereocenters. The van der Waals surface area contributed by atoms with Crippen molar-refractivity contribution in [1.82, 2.24) is 9.62 Å². The standard InChI is InChI=1S/C15H23N3O4S.ClH/c1-15(2,11-16)17-14(19)12-4-3-5-13(10-12)23(20,21)18-6-8-22-9-7-18;/h3-5,10H,6-9,11,16H2,1-2H3,(H,17,19);1H. The number of carbonyl (C=O) groups is 1. The van der Waals surface area contributed by atoms with Crippen LogP contribution in [0.25, 0.3) is 0 Å². The lowest BCUT2D eigenvalue weighted by molar-refractivity contribution is 0.0730. The van der Waals surface area contributed by atoms with E-state index in [1.807, 2.05) is 0 Å². The fraction of sp³-hybridized carbons (Fsp3) is 0.533. The molecule has 0 saturated carbocycles. The summed E-state index contributed by atoms with van der Waals surface area (Å²) in [7, 11) is -3.62. The zero-order valence-corrected chi connectivity index (χ0v) is 15.5. The molecule has 1 aliphatic heterocycles. The highest BCUT2D eigenvalue weighted by Crippen LogP contribution is 2.18. The van der Waals surface area contributed by atoms with Crippen LogP contribution >= 0.6 is 12.4 Å². The van der Waals surface area contributed by atoms with Crippen molar-refractivity contribution in [2.75, 3.05) is 32.8 Å².